The largest absolute Gasteiger partial charge is 0.416 e. The topological polar surface area (TPSA) is 63.6 Å². The molecule has 0 aliphatic carbocycles. The molecule has 1 aromatic rings. The average molecular weight is 284 g/mol. The predicted octanol–water partition coefficient (Wildman–Crippen LogP) is 1.72. The Bertz CT molecular complexity index is 510. The highest BCUT2D eigenvalue weighted by Crippen LogP contribution is 2.30. The highest BCUT2D eigenvalue weighted by Gasteiger charge is 2.30. The zero-order valence-electron chi connectivity index (χ0n) is 9.31. The molecule has 1 atom stereocenters. The van der Waals surface area contributed by atoms with Crippen LogP contribution in [0.4, 0.5) is 13.2 Å². The predicted molar refractivity (Wildman–Crippen MR) is 57.2 cm³/mol. The SMILES string of the molecule is CS(=O)(=O)OCC(O)c1cccc(C(F)(F)F)c1. The van der Waals surface area contributed by atoms with E-state index >= 15 is 0 Å². The molecule has 0 fully saturated rings. The van der Waals surface area contributed by atoms with Crippen molar-refractivity contribution in [2.45, 2.75) is 12.3 Å². The third-order valence-electron chi connectivity index (χ3n) is 2.04. The molecular formula is C10H11F3O4S. The summed E-state index contributed by atoms with van der Waals surface area (Å²) in [5, 5.41) is 9.52. The van der Waals surface area contributed by atoms with Gasteiger partial charge in [-0.05, 0) is 17.7 Å². The van der Waals surface area contributed by atoms with Gasteiger partial charge in [0.25, 0.3) is 10.1 Å². The molecule has 0 aliphatic heterocycles. The zero-order chi connectivity index (χ0) is 14.0. The molecule has 0 saturated heterocycles. The van der Waals surface area contributed by atoms with Crippen LogP contribution in [0, 0.1) is 0 Å². The number of hydrogen-bond acceptors (Lipinski definition) is 4. The number of rotatable bonds is 4. The molecule has 4 nitrogen and oxygen atoms in total. The second kappa shape index (κ2) is 5.25. The lowest BCUT2D eigenvalue weighted by molar-refractivity contribution is -0.137. The van der Waals surface area contributed by atoms with E-state index in [0.717, 1.165) is 24.5 Å². The average Bonchev–Trinajstić information content (AvgIpc) is 2.24. The normalized spacial score (nSPS) is 14.5. The first kappa shape index (κ1) is 14.9. The first-order chi connectivity index (χ1) is 8.09. The standard InChI is InChI=1S/C10H11F3O4S/c1-18(15,16)17-6-9(14)7-3-2-4-8(5-7)10(11,12)13/h2-5,9,14H,6H2,1H3. The van der Waals surface area contributed by atoms with E-state index in [1.807, 2.05) is 0 Å². The summed E-state index contributed by atoms with van der Waals surface area (Å²) in [6.07, 6.45) is -5.18. The Balaban J connectivity index is 2.84. The summed E-state index contributed by atoms with van der Waals surface area (Å²) in [7, 11) is -3.75. The molecule has 8 heteroatoms. The lowest BCUT2D eigenvalue weighted by Gasteiger charge is -2.13. The van der Waals surface area contributed by atoms with Crippen molar-refractivity contribution in [2.24, 2.45) is 0 Å². The highest BCUT2D eigenvalue weighted by molar-refractivity contribution is 7.85. The molecule has 18 heavy (non-hydrogen) atoms. The zero-order valence-corrected chi connectivity index (χ0v) is 10.1. The van der Waals surface area contributed by atoms with E-state index < -0.39 is 34.6 Å². The van der Waals surface area contributed by atoms with Crippen LogP contribution in [-0.2, 0) is 20.5 Å². The first-order valence-corrected chi connectivity index (χ1v) is 6.61. The fourth-order valence-electron chi connectivity index (χ4n) is 1.21. The van der Waals surface area contributed by atoms with E-state index in [2.05, 4.69) is 4.18 Å². The van der Waals surface area contributed by atoms with Crippen LogP contribution in [0.3, 0.4) is 0 Å². The second-order valence-corrected chi connectivity index (χ2v) is 5.27. The van der Waals surface area contributed by atoms with Gasteiger partial charge in [-0.2, -0.15) is 21.6 Å². The van der Waals surface area contributed by atoms with Gasteiger partial charge in [0, 0.05) is 0 Å². The molecule has 0 amide bonds. The Morgan fingerprint density at radius 2 is 2.00 bits per heavy atom. The van der Waals surface area contributed by atoms with Crippen molar-refractivity contribution in [3.63, 3.8) is 0 Å². The van der Waals surface area contributed by atoms with Gasteiger partial charge in [0.1, 0.15) is 6.10 Å². The third-order valence-corrected chi connectivity index (χ3v) is 2.60. The van der Waals surface area contributed by atoms with Gasteiger partial charge in [-0.25, -0.2) is 0 Å². The summed E-state index contributed by atoms with van der Waals surface area (Å²) >= 11 is 0. The molecule has 1 rings (SSSR count). The van der Waals surface area contributed by atoms with Gasteiger partial charge in [-0.1, -0.05) is 12.1 Å². The minimum atomic E-state index is -4.52. The van der Waals surface area contributed by atoms with E-state index in [1.54, 1.807) is 0 Å². The van der Waals surface area contributed by atoms with Crippen molar-refractivity contribution in [1.82, 2.24) is 0 Å². The van der Waals surface area contributed by atoms with Crippen molar-refractivity contribution < 1.29 is 30.9 Å². The summed E-state index contributed by atoms with van der Waals surface area (Å²) in [6.45, 7) is -0.625. The van der Waals surface area contributed by atoms with Gasteiger partial charge >= 0.3 is 6.18 Å². The van der Waals surface area contributed by atoms with Crippen LogP contribution in [0.2, 0.25) is 0 Å². The Morgan fingerprint density at radius 3 is 2.50 bits per heavy atom. The van der Waals surface area contributed by atoms with Gasteiger partial charge in [0.05, 0.1) is 18.4 Å². The summed E-state index contributed by atoms with van der Waals surface area (Å²) < 4.78 is 62.9. The monoisotopic (exact) mass is 284 g/mol. The minimum absolute atomic E-state index is 0.0616. The number of halogens is 3. The fourth-order valence-corrected chi connectivity index (χ4v) is 1.58. The molecule has 0 aliphatic rings. The van der Waals surface area contributed by atoms with Crippen LogP contribution in [0.5, 0.6) is 0 Å². The van der Waals surface area contributed by atoms with Crippen LogP contribution < -0.4 is 0 Å². The molecular weight excluding hydrogens is 273 g/mol. The van der Waals surface area contributed by atoms with Crippen LogP contribution in [0.25, 0.3) is 0 Å². The van der Waals surface area contributed by atoms with E-state index in [1.165, 1.54) is 6.07 Å². The van der Waals surface area contributed by atoms with Crippen molar-refractivity contribution in [3.05, 3.63) is 35.4 Å². The molecule has 0 heterocycles. The number of aliphatic hydroxyl groups is 1. The Kier molecular flexibility index (Phi) is 4.36. The maximum absolute atomic E-state index is 12.4. The van der Waals surface area contributed by atoms with Crippen molar-refractivity contribution in [3.8, 4) is 0 Å². The Hall–Kier alpha value is -1.12. The number of hydrogen-bond donors (Lipinski definition) is 1. The lowest BCUT2D eigenvalue weighted by Crippen LogP contribution is -2.13. The Labute approximate surface area is 102 Å². The molecule has 1 unspecified atom stereocenters. The van der Waals surface area contributed by atoms with Crippen LogP contribution in [0.15, 0.2) is 24.3 Å². The maximum atomic E-state index is 12.4. The summed E-state index contributed by atoms with van der Waals surface area (Å²) in [6, 6.07) is 3.98. The van der Waals surface area contributed by atoms with E-state index in [9.17, 15) is 26.7 Å². The lowest BCUT2D eigenvalue weighted by atomic mass is 10.1. The maximum Gasteiger partial charge on any atom is 0.416 e. The molecule has 1 aromatic carbocycles. The van der Waals surface area contributed by atoms with Gasteiger partial charge in [0.2, 0.25) is 0 Å². The molecule has 1 N–H and O–H groups in total. The number of aliphatic hydroxyl groups excluding tert-OH is 1. The molecule has 0 bridgehead atoms. The highest BCUT2D eigenvalue weighted by atomic mass is 32.2. The van der Waals surface area contributed by atoms with E-state index in [-0.39, 0.29) is 5.56 Å². The fraction of sp³-hybridized carbons (Fsp3) is 0.400. The quantitative estimate of drug-likeness (QED) is 0.855. The van der Waals surface area contributed by atoms with Crippen LogP contribution in [0.1, 0.15) is 17.2 Å². The summed E-state index contributed by atoms with van der Waals surface area (Å²) in [5.74, 6) is 0. The molecule has 0 spiro atoms. The van der Waals surface area contributed by atoms with E-state index in [0.29, 0.717) is 0 Å². The minimum Gasteiger partial charge on any atom is -0.386 e. The van der Waals surface area contributed by atoms with E-state index in [4.69, 9.17) is 0 Å². The smallest absolute Gasteiger partial charge is 0.386 e. The molecule has 0 aromatic heterocycles. The summed E-state index contributed by atoms with van der Waals surface area (Å²) in [5.41, 5.74) is -0.980. The Morgan fingerprint density at radius 1 is 1.39 bits per heavy atom. The summed E-state index contributed by atoms with van der Waals surface area (Å²) in [4.78, 5) is 0. The number of alkyl halides is 3. The third kappa shape index (κ3) is 4.63. The molecule has 0 radical (unpaired) electrons. The first-order valence-electron chi connectivity index (χ1n) is 4.79. The van der Waals surface area contributed by atoms with Gasteiger partial charge in [-0.3, -0.25) is 4.18 Å². The number of benzene rings is 1. The van der Waals surface area contributed by atoms with Crippen molar-refractivity contribution in [2.75, 3.05) is 12.9 Å². The van der Waals surface area contributed by atoms with Gasteiger partial charge in [0.15, 0.2) is 0 Å². The molecule has 0 saturated carbocycles. The van der Waals surface area contributed by atoms with Crippen molar-refractivity contribution in [1.29, 1.82) is 0 Å². The van der Waals surface area contributed by atoms with Gasteiger partial charge < -0.3 is 5.11 Å². The van der Waals surface area contributed by atoms with Crippen LogP contribution in [-0.4, -0.2) is 26.4 Å². The van der Waals surface area contributed by atoms with Crippen molar-refractivity contribution >= 4 is 10.1 Å². The molecule has 102 valence electrons. The van der Waals surface area contributed by atoms with Gasteiger partial charge in [-0.15, -0.1) is 0 Å². The van der Waals surface area contributed by atoms with Crippen LogP contribution >= 0.6 is 0 Å². The second-order valence-electron chi connectivity index (χ2n) is 3.63.